The van der Waals surface area contributed by atoms with Gasteiger partial charge in [-0.1, -0.05) is 17.7 Å². The molecule has 1 aromatic carbocycles. The number of halogens is 1. The topological polar surface area (TPSA) is 80.5 Å². The van der Waals surface area contributed by atoms with Gasteiger partial charge in [-0.3, -0.25) is 0 Å². The monoisotopic (exact) mass is 310 g/mol. The summed E-state index contributed by atoms with van der Waals surface area (Å²) in [5, 5.41) is 13.3. The van der Waals surface area contributed by atoms with Crippen LogP contribution in [0.3, 0.4) is 0 Å². The van der Waals surface area contributed by atoms with E-state index in [4.69, 9.17) is 21.4 Å². The normalized spacial score (nSPS) is 10.4. The molecule has 0 atom stereocenters. The van der Waals surface area contributed by atoms with E-state index < -0.39 is 5.97 Å². The van der Waals surface area contributed by atoms with Crippen LogP contribution in [0, 0.1) is 0 Å². The number of carboxylic acids is 1. The lowest BCUT2D eigenvalue weighted by Crippen LogP contribution is -2.26. The maximum atomic E-state index is 10.8. The average Bonchev–Trinajstić information content (AvgIpc) is 2.81. The van der Waals surface area contributed by atoms with Crippen LogP contribution in [0.5, 0.6) is 5.75 Å². The fourth-order valence-corrected chi connectivity index (χ4v) is 1.94. The molecule has 1 heterocycles. The van der Waals surface area contributed by atoms with Gasteiger partial charge in [0.05, 0.1) is 6.54 Å². The number of aromatic carboxylic acids is 1. The Morgan fingerprint density at radius 2 is 2.29 bits per heavy atom. The second-order valence-electron chi connectivity index (χ2n) is 4.39. The van der Waals surface area contributed by atoms with Crippen LogP contribution in [0.15, 0.2) is 24.3 Å². The first-order chi connectivity index (χ1) is 9.97. The molecule has 0 unspecified atom stereocenters. The average molecular weight is 311 g/mol. The van der Waals surface area contributed by atoms with Crippen molar-refractivity contribution in [2.75, 3.05) is 25.1 Å². The van der Waals surface area contributed by atoms with Gasteiger partial charge in [-0.25, -0.2) is 9.48 Å². The first kappa shape index (κ1) is 15.1. The van der Waals surface area contributed by atoms with Gasteiger partial charge in [-0.05, 0) is 18.2 Å². The van der Waals surface area contributed by atoms with Crippen LogP contribution in [0.1, 0.15) is 10.6 Å². The van der Waals surface area contributed by atoms with Crippen LogP contribution in [0.4, 0.5) is 5.95 Å². The number of hydrogen-bond donors (Lipinski definition) is 1. The van der Waals surface area contributed by atoms with Crippen LogP contribution in [-0.2, 0) is 7.05 Å². The van der Waals surface area contributed by atoms with E-state index >= 15 is 0 Å². The van der Waals surface area contributed by atoms with E-state index in [2.05, 4.69) is 10.1 Å². The molecule has 1 N–H and O–H groups in total. The smallest absolute Gasteiger partial charge is 0.375 e. The lowest BCUT2D eigenvalue weighted by atomic mass is 10.3. The summed E-state index contributed by atoms with van der Waals surface area (Å²) in [7, 11) is 3.43. The zero-order valence-corrected chi connectivity index (χ0v) is 12.4. The van der Waals surface area contributed by atoms with Crippen molar-refractivity contribution in [3.8, 4) is 5.75 Å². The summed E-state index contributed by atoms with van der Waals surface area (Å²) in [6, 6.07) is 7.12. The molecule has 21 heavy (non-hydrogen) atoms. The predicted octanol–water partition coefficient (Wildman–Crippen LogP) is 1.68. The number of ether oxygens (including phenoxy) is 1. The maximum absolute atomic E-state index is 10.8. The van der Waals surface area contributed by atoms with Gasteiger partial charge in [-0.15, -0.1) is 5.10 Å². The number of aryl methyl sites for hydroxylation is 1. The number of carbonyl (C=O) groups is 1. The minimum absolute atomic E-state index is 0.227. The molecule has 2 aromatic rings. The fraction of sp³-hybridized carbons (Fsp3) is 0.308. The molecule has 0 saturated carbocycles. The third kappa shape index (κ3) is 3.85. The molecule has 0 fully saturated rings. The van der Waals surface area contributed by atoms with E-state index in [9.17, 15) is 4.79 Å². The van der Waals surface area contributed by atoms with Gasteiger partial charge in [0.25, 0.3) is 5.82 Å². The highest BCUT2D eigenvalue weighted by Gasteiger charge is 2.16. The van der Waals surface area contributed by atoms with Gasteiger partial charge in [0, 0.05) is 19.1 Å². The van der Waals surface area contributed by atoms with Crippen molar-refractivity contribution in [2.45, 2.75) is 0 Å². The van der Waals surface area contributed by atoms with Crippen LogP contribution in [-0.4, -0.2) is 46.0 Å². The van der Waals surface area contributed by atoms with Gasteiger partial charge < -0.3 is 14.7 Å². The lowest BCUT2D eigenvalue weighted by Gasteiger charge is -2.17. The van der Waals surface area contributed by atoms with Gasteiger partial charge in [0.15, 0.2) is 0 Å². The molecular weight excluding hydrogens is 296 g/mol. The van der Waals surface area contributed by atoms with E-state index in [1.54, 1.807) is 31.1 Å². The number of hydrogen-bond acceptors (Lipinski definition) is 5. The fourth-order valence-electron chi connectivity index (χ4n) is 1.76. The summed E-state index contributed by atoms with van der Waals surface area (Å²) in [6.07, 6.45) is 0. The van der Waals surface area contributed by atoms with Gasteiger partial charge in [-0.2, -0.15) is 4.98 Å². The Balaban J connectivity index is 1.92. The van der Waals surface area contributed by atoms with Crippen molar-refractivity contribution in [1.82, 2.24) is 14.8 Å². The molecule has 2 rings (SSSR count). The summed E-state index contributed by atoms with van der Waals surface area (Å²) in [6.45, 7) is 0.935. The number of anilines is 1. The first-order valence-corrected chi connectivity index (χ1v) is 6.59. The molecule has 0 aliphatic carbocycles. The first-order valence-electron chi connectivity index (χ1n) is 6.21. The van der Waals surface area contributed by atoms with Crippen molar-refractivity contribution < 1.29 is 14.6 Å². The highest BCUT2D eigenvalue weighted by Crippen LogP contribution is 2.17. The van der Waals surface area contributed by atoms with E-state index in [1.165, 1.54) is 4.68 Å². The van der Waals surface area contributed by atoms with Gasteiger partial charge in [0.1, 0.15) is 12.4 Å². The quantitative estimate of drug-likeness (QED) is 0.874. The van der Waals surface area contributed by atoms with E-state index in [0.29, 0.717) is 29.9 Å². The number of rotatable bonds is 6. The van der Waals surface area contributed by atoms with E-state index in [0.717, 1.165) is 0 Å². The molecule has 0 aliphatic heterocycles. The SMILES string of the molecule is CN(CCOc1cccc(Cl)c1)c1nc(C(=O)O)nn1C. The number of likely N-dealkylation sites (N-methyl/N-ethyl adjacent to an activating group) is 1. The van der Waals surface area contributed by atoms with Crippen molar-refractivity contribution >= 4 is 23.5 Å². The zero-order valence-electron chi connectivity index (χ0n) is 11.7. The van der Waals surface area contributed by atoms with Gasteiger partial charge in [0.2, 0.25) is 5.95 Å². The van der Waals surface area contributed by atoms with Crippen LogP contribution in [0.2, 0.25) is 5.02 Å². The highest BCUT2D eigenvalue weighted by atomic mass is 35.5. The van der Waals surface area contributed by atoms with E-state index in [-0.39, 0.29) is 5.82 Å². The molecule has 8 heteroatoms. The lowest BCUT2D eigenvalue weighted by molar-refractivity contribution is 0.0683. The molecule has 0 amide bonds. The van der Waals surface area contributed by atoms with Crippen LogP contribution < -0.4 is 9.64 Å². The third-order valence-electron chi connectivity index (χ3n) is 2.76. The third-order valence-corrected chi connectivity index (χ3v) is 3.00. The van der Waals surface area contributed by atoms with Gasteiger partial charge >= 0.3 is 5.97 Å². The summed E-state index contributed by atoms with van der Waals surface area (Å²) in [5.41, 5.74) is 0. The molecule has 0 bridgehead atoms. The molecule has 0 aliphatic rings. The summed E-state index contributed by atoms with van der Waals surface area (Å²) < 4.78 is 6.99. The Kier molecular flexibility index (Phi) is 4.64. The standard InChI is InChI=1S/C13H15ClN4O3/c1-17(13-15-11(12(19)20)16-18(13)2)6-7-21-10-5-3-4-9(14)8-10/h3-5,8H,6-7H2,1-2H3,(H,19,20). The second kappa shape index (κ2) is 6.45. The number of carboxylic acid groups (broad SMARTS) is 1. The second-order valence-corrected chi connectivity index (χ2v) is 4.83. The summed E-state index contributed by atoms with van der Waals surface area (Å²) in [5.74, 6) is -0.238. The van der Waals surface area contributed by atoms with Crippen molar-refractivity contribution in [2.24, 2.45) is 7.05 Å². The summed E-state index contributed by atoms with van der Waals surface area (Å²) >= 11 is 5.87. The van der Waals surface area contributed by atoms with Crippen molar-refractivity contribution in [3.05, 3.63) is 35.1 Å². The highest BCUT2D eigenvalue weighted by molar-refractivity contribution is 6.30. The molecule has 0 spiro atoms. The Morgan fingerprint density at radius 3 is 2.90 bits per heavy atom. The molecular formula is C13H15ClN4O3. The molecule has 0 saturated heterocycles. The molecule has 1 aromatic heterocycles. The largest absolute Gasteiger partial charge is 0.492 e. The van der Waals surface area contributed by atoms with Crippen molar-refractivity contribution in [3.63, 3.8) is 0 Å². The minimum atomic E-state index is -1.15. The molecule has 7 nitrogen and oxygen atoms in total. The number of benzene rings is 1. The predicted molar refractivity (Wildman–Crippen MR) is 78.2 cm³/mol. The summed E-state index contributed by atoms with van der Waals surface area (Å²) in [4.78, 5) is 16.5. The Hall–Kier alpha value is -2.28. The minimum Gasteiger partial charge on any atom is -0.492 e. The zero-order chi connectivity index (χ0) is 15.4. The van der Waals surface area contributed by atoms with Crippen LogP contribution in [0.25, 0.3) is 0 Å². The Bertz CT molecular complexity index is 644. The Labute approximate surface area is 126 Å². The van der Waals surface area contributed by atoms with E-state index in [1.807, 2.05) is 12.1 Å². The van der Waals surface area contributed by atoms with Crippen LogP contribution >= 0.6 is 11.6 Å². The van der Waals surface area contributed by atoms with Crippen molar-refractivity contribution in [1.29, 1.82) is 0 Å². The molecule has 0 radical (unpaired) electrons. The molecule has 112 valence electrons. The Morgan fingerprint density at radius 1 is 1.52 bits per heavy atom. The number of nitrogens with zero attached hydrogens (tertiary/aromatic N) is 4. The maximum Gasteiger partial charge on any atom is 0.375 e. The number of aromatic nitrogens is 3.